The molecule has 0 spiro atoms. The molecular formula is C24H29N5O2S. The molecule has 3 rings (SSSR count). The van der Waals surface area contributed by atoms with E-state index < -0.39 is 0 Å². The highest BCUT2D eigenvalue weighted by Gasteiger charge is 2.16. The van der Waals surface area contributed by atoms with Crippen molar-refractivity contribution in [2.75, 3.05) is 16.4 Å². The number of hydrogen-bond acceptors (Lipinski definition) is 5. The third kappa shape index (κ3) is 6.20. The molecule has 0 radical (unpaired) electrons. The zero-order chi connectivity index (χ0) is 23.1. The van der Waals surface area contributed by atoms with Crippen molar-refractivity contribution in [3.8, 4) is 0 Å². The summed E-state index contributed by atoms with van der Waals surface area (Å²) in [5, 5.41) is 14.8. The minimum Gasteiger partial charge on any atom is -0.325 e. The van der Waals surface area contributed by atoms with Crippen LogP contribution in [0.5, 0.6) is 0 Å². The van der Waals surface area contributed by atoms with Crippen molar-refractivity contribution in [3.05, 3.63) is 65.5 Å². The highest BCUT2D eigenvalue weighted by Crippen LogP contribution is 2.20. The minimum absolute atomic E-state index is 0.114. The molecule has 168 valence electrons. The number of para-hydroxylation sites is 1. The standard InChI is InChI=1S/C24H29N5O2S/c1-5-29-21(14-22(30)26-20-9-7-6-8-17(20)4)27-28-24(29)32-15-23(31)25-19-12-10-18(11-13-19)16(2)3/h6-13,16H,5,14-15H2,1-4H3,(H,25,31)(H,26,30). The Hall–Kier alpha value is -3.13. The number of amides is 2. The van der Waals surface area contributed by atoms with Crippen LogP contribution in [0.15, 0.2) is 53.7 Å². The molecule has 32 heavy (non-hydrogen) atoms. The lowest BCUT2D eigenvalue weighted by Gasteiger charge is -2.10. The summed E-state index contributed by atoms with van der Waals surface area (Å²) in [5.41, 5.74) is 3.78. The van der Waals surface area contributed by atoms with Gasteiger partial charge in [-0.25, -0.2) is 0 Å². The van der Waals surface area contributed by atoms with Gasteiger partial charge < -0.3 is 15.2 Å². The molecule has 0 fully saturated rings. The highest BCUT2D eigenvalue weighted by atomic mass is 32.2. The number of nitrogens with one attached hydrogen (secondary N) is 2. The van der Waals surface area contributed by atoms with Crippen molar-refractivity contribution in [2.45, 2.75) is 51.7 Å². The second kappa shape index (κ2) is 10.9. The van der Waals surface area contributed by atoms with E-state index in [2.05, 4.69) is 34.7 Å². The van der Waals surface area contributed by atoms with Crippen LogP contribution in [0.4, 0.5) is 11.4 Å². The van der Waals surface area contributed by atoms with Gasteiger partial charge in [0.05, 0.1) is 12.2 Å². The number of benzene rings is 2. The molecule has 7 nitrogen and oxygen atoms in total. The first-order valence-electron chi connectivity index (χ1n) is 10.7. The van der Waals surface area contributed by atoms with Crippen LogP contribution in [0.2, 0.25) is 0 Å². The molecule has 0 aliphatic carbocycles. The fourth-order valence-corrected chi connectivity index (χ4v) is 4.03. The maximum Gasteiger partial charge on any atom is 0.234 e. The fourth-order valence-electron chi connectivity index (χ4n) is 3.20. The van der Waals surface area contributed by atoms with Crippen LogP contribution in [0.3, 0.4) is 0 Å². The molecule has 0 saturated heterocycles. The number of rotatable bonds is 9. The first-order chi connectivity index (χ1) is 15.4. The van der Waals surface area contributed by atoms with E-state index in [1.54, 1.807) is 0 Å². The predicted molar refractivity (Wildman–Crippen MR) is 129 cm³/mol. The second-order valence-electron chi connectivity index (χ2n) is 7.80. The Morgan fingerprint density at radius 1 is 1.00 bits per heavy atom. The largest absolute Gasteiger partial charge is 0.325 e. The van der Waals surface area contributed by atoms with E-state index in [1.807, 2.05) is 66.9 Å². The molecule has 0 aliphatic rings. The smallest absolute Gasteiger partial charge is 0.234 e. The van der Waals surface area contributed by atoms with E-state index >= 15 is 0 Å². The Labute approximate surface area is 193 Å². The van der Waals surface area contributed by atoms with Gasteiger partial charge in [-0.2, -0.15) is 0 Å². The highest BCUT2D eigenvalue weighted by molar-refractivity contribution is 7.99. The molecule has 3 aromatic rings. The molecular weight excluding hydrogens is 422 g/mol. The molecule has 1 aromatic heterocycles. The number of hydrogen-bond donors (Lipinski definition) is 2. The average Bonchev–Trinajstić information content (AvgIpc) is 3.15. The van der Waals surface area contributed by atoms with Gasteiger partial charge in [-0.05, 0) is 49.1 Å². The summed E-state index contributed by atoms with van der Waals surface area (Å²) in [7, 11) is 0. The lowest BCUT2D eigenvalue weighted by molar-refractivity contribution is -0.116. The molecule has 2 amide bonds. The number of anilines is 2. The van der Waals surface area contributed by atoms with Gasteiger partial charge in [0.15, 0.2) is 5.16 Å². The molecule has 0 saturated carbocycles. The summed E-state index contributed by atoms with van der Waals surface area (Å²) in [6, 6.07) is 15.5. The Morgan fingerprint density at radius 3 is 2.38 bits per heavy atom. The molecule has 0 unspecified atom stereocenters. The first-order valence-corrected chi connectivity index (χ1v) is 11.7. The van der Waals surface area contributed by atoms with Crippen molar-refractivity contribution in [1.82, 2.24) is 14.8 Å². The van der Waals surface area contributed by atoms with Crippen molar-refractivity contribution < 1.29 is 9.59 Å². The lowest BCUT2D eigenvalue weighted by Crippen LogP contribution is -2.18. The first kappa shape index (κ1) is 23.5. The van der Waals surface area contributed by atoms with Crippen LogP contribution in [0, 0.1) is 6.92 Å². The van der Waals surface area contributed by atoms with Gasteiger partial charge in [-0.1, -0.05) is 55.9 Å². The number of thioether (sulfide) groups is 1. The monoisotopic (exact) mass is 451 g/mol. The minimum atomic E-state index is -0.152. The Morgan fingerprint density at radius 2 is 1.72 bits per heavy atom. The van der Waals surface area contributed by atoms with Gasteiger partial charge in [0.25, 0.3) is 0 Å². The lowest BCUT2D eigenvalue weighted by atomic mass is 10.0. The van der Waals surface area contributed by atoms with Gasteiger partial charge in [-0.15, -0.1) is 10.2 Å². The number of carbonyl (C=O) groups is 2. The zero-order valence-corrected chi connectivity index (χ0v) is 19.7. The van der Waals surface area contributed by atoms with Crippen molar-refractivity contribution in [2.24, 2.45) is 0 Å². The number of nitrogens with zero attached hydrogens (tertiary/aromatic N) is 3. The Kier molecular flexibility index (Phi) is 8.05. The third-order valence-electron chi connectivity index (χ3n) is 5.04. The molecule has 8 heteroatoms. The maximum atomic E-state index is 12.5. The molecule has 2 aromatic carbocycles. The van der Waals surface area contributed by atoms with Crippen molar-refractivity contribution in [3.63, 3.8) is 0 Å². The van der Waals surface area contributed by atoms with E-state index in [9.17, 15) is 9.59 Å². The predicted octanol–water partition coefficient (Wildman–Crippen LogP) is 4.64. The van der Waals surface area contributed by atoms with Gasteiger partial charge in [0, 0.05) is 17.9 Å². The van der Waals surface area contributed by atoms with E-state index in [4.69, 9.17) is 0 Å². The Balaban J connectivity index is 1.56. The van der Waals surface area contributed by atoms with Crippen LogP contribution in [-0.4, -0.2) is 32.3 Å². The molecule has 2 N–H and O–H groups in total. The Bertz CT molecular complexity index is 1080. The maximum absolute atomic E-state index is 12.5. The molecule has 0 atom stereocenters. The van der Waals surface area contributed by atoms with Crippen LogP contribution < -0.4 is 10.6 Å². The van der Waals surface area contributed by atoms with Gasteiger partial charge in [0.2, 0.25) is 11.8 Å². The topological polar surface area (TPSA) is 88.9 Å². The molecule has 0 aliphatic heterocycles. The fraction of sp³-hybridized carbons (Fsp3) is 0.333. The molecule has 1 heterocycles. The van der Waals surface area contributed by atoms with Crippen LogP contribution in [0.1, 0.15) is 43.6 Å². The summed E-state index contributed by atoms with van der Waals surface area (Å²) >= 11 is 1.31. The van der Waals surface area contributed by atoms with Gasteiger partial charge in [-0.3, -0.25) is 9.59 Å². The normalized spacial score (nSPS) is 10.9. The zero-order valence-electron chi connectivity index (χ0n) is 18.9. The summed E-state index contributed by atoms with van der Waals surface area (Å²) in [6.07, 6.45) is 0.115. The summed E-state index contributed by atoms with van der Waals surface area (Å²) in [6.45, 7) is 8.79. The van der Waals surface area contributed by atoms with E-state index in [0.29, 0.717) is 23.4 Å². The van der Waals surface area contributed by atoms with Crippen LogP contribution in [-0.2, 0) is 22.6 Å². The third-order valence-corrected chi connectivity index (χ3v) is 6.01. The summed E-state index contributed by atoms with van der Waals surface area (Å²) in [5.74, 6) is 0.964. The van der Waals surface area contributed by atoms with E-state index in [-0.39, 0.29) is 24.0 Å². The van der Waals surface area contributed by atoms with Crippen LogP contribution >= 0.6 is 11.8 Å². The quantitative estimate of drug-likeness (QED) is 0.463. The number of aryl methyl sites for hydroxylation is 1. The van der Waals surface area contributed by atoms with Crippen LogP contribution in [0.25, 0.3) is 0 Å². The van der Waals surface area contributed by atoms with E-state index in [1.165, 1.54) is 17.3 Å². The molecule has 0 bridgehead atoms. The van der Waals surface area contributed by atoms with Crippen molar-refractivity contribution in [1.29, 1.82) is 0 Å². The number of carbonyl (C=O) groups excluding carboxylic acids is 2. The average molecular weight is 452 g/mol. The summed E-state index contributed by atoms with van der Waals surface area (Å²) in [4.78, 5) is 24.9. The number of aromatic nitrogens is 3. The summed E-state index contributed by atoms with van der Waals surface area (Å²) < 4.78 is 1.87. The van der Waals surface area contributed by atoms with Crippen molar-refractivity contribution >= 4 is 35.0 Å². The van der Waals surface area contributed by atoms with E-state index in [0.717, 1.165) is 16.9 Å². The SMILES string of the molecule is CCn1c(CC(=O)Nc2ccccc2C)nnc1SCC(=O)Nc1ccc(C(C)C)cc1. The van der Waals surface area contributed by atoms with Gasteiger partial charge in [0.1, 0.15) is 5.82 Å². The second-order valence-corrected chi connectivity index (χ2v) is 8.74. The van der Waals surface area contributed by atoms with Gasteiger partial charge >= 0.3 is 0 Å².